The molecule has 2 saturated carbocycles. The standard InChI is InChI=1S/C40H49N9O5/c1-24-21-30(38(51)43-33-18-16-31(41-2)17-19-33)13-20-34(24)27-7-3-25(4-8-27)22-35(45-37(50)29-9-5-26(6-10-29)23-42-40(53)54)39(52)44-32-14-11-28(12-15-32)36-46-48-49-47-36/h3-4,7-8,11-15,20-21,26,29,31,33,35,41-42H,5-6,9-10,16-19,22-23H2,1-2H3,(H,43,51)(H,44,52)(H,45,50)(H,53,54)(H,46,47,48,49)/t26-,29-,31?,33?,35-/m0/s1. The summed E-state index contributed by atoms with van der Waals surface area (Å²) in [6.07, 6.45) is 5.97. The van der Waals surface area contributed by atoms with Crippen molar-refractivity contribution in [2.75, 3.05) is 18.9 Å². The lowest BCUT2D eigenvalue weighted by atomic mass is 9.81. The topological polar surface area (TPSA) is 203 Å². The van der Waals surface area contributed by atoms with Crippen molar-refractivity contribution >= 4 is 29.5 Å². The van der Waals surface area contributed by atoms with E-state index < -0.39 is 12.1 Å². The van der Waals surface area contributed by atoms with Crippen LogP contribution in [0.1, 0.15) is 72.9 Å². The number of nitrogens with zero attached hydrogens (tertiary/aromatic N) is 3. The highest BCUT2D eigenvalue weighted by Gasteiger charge is 2.30. The highest BCUT2D eigenvalue weighted by atomic mass is 16.4. The Hall–Kier alpha value is -5.63. The minimum atomic E-state index is -1.05. The lowest BCUT2D eigenvalue weighted by Gasteiger charge is -2.29. The third-order valence-corrected chi connectivity index (χ3v) is 10.8. The maximum absolute atomic E-state index is 13.8. The first kappa shape index (κ1) is 38.1. The zero-order valence-corrected chi connectivity index (χ0v) is 30.7. The Morgan fingerprint density at radius 1 is 0.852 bits per heavy atom. The Morgan fingerprint density at radius 2 is 1.54 bits per heavy atom. The predicted molar refractivity (Wildman–Crippen MR) is 205 cm³/mol. The van der Waals surface area contributed by atoms with Crippen molar-refractivity contribution in [2.45, 2.75) is 82.8 Å². The smallest absolute Gasteiger partial charge is 0.404 e. The number of hydrogen-bond acceptors (Lipinski definition) is 8. The molecule has 4 aromatic rings. The van der Waals surface area contributed by atoms with Crippen molar-refractivity contribution in [1.29, 1.82) is 0 Å². The van der Waals surface area contributed by atoms with E-state index in [4.69, 9.17) is 5.11 Å². The number of H-pyrrole nitrogens is 1. The van der Waals surface area contributed by atoms with Gasteiger partial charge in [-0.25, -0.2) is 9.89 Å². The zero-order valence-electron chi connectivity index (χ0n) is 30.7. The van der Waals surface area contributed by atoms with E-state index in [1.165, 1.54) is 0 Å². The number of tetrazole rings is 1. The SMILES string of the molecule is CNC1CCC(NC(=O)c2ccc(-c3ccc(C[C@H](NC(=O)[C@H]4CC[C@H](CNC(=O)O)CC4)C(=O)Nc4ccc(-c5nnn[nH]5)cc4)cc3)c(C)c2)CC1. The summed E-state index contributed by atoms with van der Waals surface area (Å²) in [5.41, 5.74) is 5.81. The van der Waals surface area contributed by atoms with E-state index in [0.717, 1.165) is 66.3 Å². The van der Waals surface area contributed by atoms with E-state index >= 15 is 0 Å². The Labute approximate surface area is 314 Å². The number of carbonyl (C=O) groups is 4. The molecular weight excluding hydrogens is 686 g/mol. The molecule has 2 aliphatic carbocycles. The van der Waals surface area contributed by atoms with Crippen molar-refractivity contribution in [3.63, 3.8) is 0 Å². The number of rotatable bonds is 13. The van der Waals surface area contributed by atoms with Crippen LogP contribution in [0, 0.1) is 18.8 Å². The molecule has 284 valence electrons. The maximum atomic E-state index is 13.8. The van der Waals surface area contributed by atoms with Crippen LogP contribution in [0.3, 0.4) is 0 Å². The van der Waals surface area contributed by atoms with Gasteiger partial charge in [0.2, 0.25) is 11.8 Å². The Morgan fingerprint density at radius 3 is 2.17 bits per heavy atom. The van der Waals surface area contributed by atoms with Crippen molar-refractivity contribution in [3.8, 4) is 22.5 Å². The number of anilines is 1. The maximum Gasteiger partial charge on any atom is 0.404 e. The number of benzene rings is 3. The Balaban J connectivity index is 1.11. The Bertz CT molecular complexity index is 1880. The van der Waals surface area contributed by atoms with Crippen LogP contribution in [-0.2, 0) is 16.0 Å². The number of aromatic amines is 1. The van der Waals surface area contributed by atoms with Gasteiger partial charge in [0.1, 0.15) is 6.04 Å². The first-order valence-corrected chi connectivity index (χ1v) is 18.8. The van der Waals surface area contributed by atoms with Crippen molar-refractivity contribution < 1.29 is 24.3 Å². The molecule has 1 atom stereocenters. The van der Waals surface area contributed by atoms with Gasteiger partial charge in [0.25, 0.3) is 5.91 Å². The van der Waals surface area contributed by atoms with Crippen LogP contribution in [-0.4, -0.2) is 81.3 Å². The van der Waals surface area contributed by atoms with Crippen molar-refractivity contribution in [2.24, 2.45) is 11.8 Å². The molecule has 3 aromatic carbocycles. The number of amides is 4. The second kappa shape index (κ2) is 17.9. The number of hydrogen-bond donors (Lipinski definition) is 7. The van der Waals surface area contributed by atoms with Gasteiger partial charge in [-0.05, 0) is 140 Å². The molecule has 2 aliphatic rings. The average Bonchev–Trinajstić information content (AvgIpc) is 3.73. The molecule has 0 bridgehead atoms. The highest BCUT2D eigenvalue weighted by molar-refractivity contribution is 5.98. The zero-order chi connectivity index (χ0) is 38.0. The summed E-state index contributed by atoms with van der Waals surface area (Å²) < 4.78 is 0. The van der Waals surface area contributed by atoms with E-state index in [9.17, 15) is 19.2 Å². The second-order valence-electron chi connectivity index (χ2n) is 14.5. The van der Waals surface area contributed by atoms with Gasteiger partial charge in [-0.1, -0.05) is 30.3 Å². The molecule has 6 rings (SSSR count). The lowest BCUT2D eigenvalue weighted by molar-refractivity contribution is -0.130. The monoisotopic (exact) mass is 735 g/mol. The summed E-state index contributed by atoms with van der Waals surface area (Å²) >= 11 is 0. The molecule has 0 unspecified atom stereocenters. The fourth-order valence-corrected chi connectivity index (χ4v) is 7.56. The van der Waals surface area contributed by atoms with Gasteiger partial charge in [0.05, 0.1) is 0 Å². The molecule has 54 heavy (non-hydrogen) atoms. The molecule has 0 radical (unpaired) electrons. The number of carboxylic acid groups (broad SMARTS) is 1. The van der Waals surface area contributed by atoms with Crippen LogP contribution in [0.2, 0.25) is 0 Å². The molecule has 0 aliphatic heterocycles. The minimum absolute atomic E-state index is 0.0504. The van der Waals surface area contributed by atoms with E-state index in [1.54, 1.807) is 24.3 Å². The van der Waals surface area contributed by atoms with Gasteiger partial charge >= 0.3 is 6.09 Å². The number of aryl methyl sites for hydroxylation is 1. The third kappa shape index (κ3) is 10.1. The second-order valence-corrected chi connectivity index (χ2v) is 14.5. The number of nitrogens with one attached hydrogen (secondary N) is 6. The van der Waals surface area contributed by atoms with Crippen LogP contribution in [0.25, 0.3) is 22.5 Å². The summed E-state index contributed by atoms with van der Waals surface area (Å²) in [4.78, 5) is 51.3. The molecule has 1 aromatic heterocycles. The van der Waals surface area contributed by atoms with E-state index in [0.29, 0.717) is 42.5 Å². The largest absolute Gasteiger partial charge is 0.465 e. The quantitative estimate of drug-likeness (QED) is 0.100. The summed E-state index contributed by atoms with van der Waals surface area (Å²) in [6.45, 7) is 2.37. The molecule has 4 amide bonds. The summed E-state index contributed by atoms with van der Waals surface area (Å²) in [7, 11) is 1.99. The average molecular weight is 736 g/mol. The van der Waals surface area contributed by atoms with Crippen LogP contribution in [0.4, 0.5) is 10.5 Å². The lowest BCUT2D eigenvalue weighted by Crippen LogP contribution is -2.48. The van der Waals surface area contributed by atoms with E-state index in [1.807, 2.05) is 56.4 Å². The van der Waals surface area contributed by atoms with Gasteiger partial charge in [0.15, 0.2) is 5.82 Å². The fraction of sp³-hybridized carbons (Fsp3) is 0.425. The minimum Gasteiger partial charge on any atom is -0.465 e. The molecule has 2 fully saturated rings. The van der Waals surface area contributed by atoms with Gasteiger partial charge in [-0.3, -0.25) is 14.4 Å². The molecule has 0 saturated heterocycles. The first-order valence-electron chi connectivity index (χ1n) is 18.8. The van der Waals surface area contributed by atoms with Gasteiger partial charge in [-0.15, -0.1) is 5.10 Å². The predicted octanol–water partition coefficient (Wildman–Crippen LogP) is 4.84. The molecule has 1 heterocycles. The summed E-state index contributed by atoms with van der Waals surface area (Å²) in [5, 5.41) is 37.8. The van der Waals surface area contributed by atoms with E-state index in [2.05, 4.69) is 47.2 Å². The molecule has 14 nitrogen and oxygen atoms in total. The number of aromatic nitrogens is 4. The van der Waals surface area contributed by atoms with Crippen molar-refractivity contribution in [1.82, 2.24) is 41.9 Å². The third-order valence-electron chi connectivity index (χ3n) is 10.8. The highest BCUT2D eigenvalue weighted by Crippen LogP contribution is 2.30. The van der Waals surface area contributed by atoms with Crippen LogP contribution in [0.5, 0.6) is 0 Å². The molecule has 0 spiro atoms. The van der Waals surface area contributed by atoms with Gasteiger partial charge < -0.3 is 31.7 Å². The van der Waals surface area contributed by atoms with Gasteiger partial charge in [-0.2, -0.15) is 0 Å². The van der Waals surface area contributed by atoms with Crippen LogP contribution >= 0.6 is 0 Å². The number of carbonyl (C=O) groups excluding carboxylic acids is 3. The Kier molecular flexibility index (Phi) is 12.7. The molecule has 14 heteroatoms. The first-order chi connectivity index (χ1) is 26.1. The fourth-order valence-electron chi connectivity index (χ4n) is 7.56. The van der Waals surface area contributed by atoms with Gasteiger partial charge in [0, 0.05) is 47.8 Å². The van der Waals surface area contributed by atoms with Crippen LogP contribution in [0.15, 0.2) is 66.7 Å². The molecule has 7 N–H and O–H groups in total. The van der Waals surface area contributed by atoms with E-state index in [-0.39, 0.29) is 42.0 Å². The normalized spacial score (nSPS) is 20.3. The van der Waals surface area contributed by atoms with Crippen LogP contribution < -0.4 is 26.6 Å². The van der Waals surface area contributed by atoms with Crippen molar-refractivity contribution in [3.05, 3.63) is 83.4 Å². The summed E-state index contributed by atoms with van der Waals surface area (Å²) in [6, 6.07) is 20.6. The summed E-state index contributed by atoms with van der Waals surface area (Å²) in [5.74, 6) is -0.158. The molecular formula is C40H49N9O5.